The van der Waals surface area contributed by atoms with Crippen molar-refractivity contribution < 1.29 is 9.72 Å². The lowest BCUT2D eigenvalue weighted by molar-refractivity contribution is -0.383. The summed E-state index contributed by atoms with van der Waals surface area (Å²) in [6.07, 6.45) is 0. The zero-order valence-corrected chi connectivity index (χ0v) is 14.5. The minimum atomic E-state index is -0.507. The van der Waals surface area contributed by atoms with Crippen LogP contribution in [0.25, 0.3) is 10.8 Å². The van der Waals surface area contributed by atoms with Crippen molar-refractivity contribution in [2.45, 2.75) is 13.0 Å². The number of carbonyl (C=O) groups is 1. The van der Waals surface area contributed by atoms with E-state index in [1.54, 1.807) is 19.1 Å². The monoisotopic (exact) mass is 349 g/mol. The van der Waals surface area contributed by atoms with E-state index in [1.807, 2.05) is 54.4 Å². The maximum atomic E-state index is 12.6. The Balaban J connectivity index is 1.80. The molecule has 3 aromatic carbocycles. The van der Waals surface area contributed by atoms with E-state index in [9.17, 15) is 14.9 Å². The average molecular weight is 349 g/mol. The van der Waals surface area contributed by atoms with Crippen LogP contribution in [-0.2, 0) is 4.79 Å². The fourth-order valence-electron chi connectivity index (χ4n) is 2.77. The summed E-state index contributed by atoms with van der Waals surface area (Å²) in [6.45, 7) is 1.76. The number of nitrogens with zero attached hydrogens (tertiary/aromatic N) is 2. The largest absolute Gasteiger partial charge is 0.363 e. The zero-order valence-electron chi connectivity index (χ0n) is 14.5. The molecule has 26 heavy (non-hydrogen) atoms. The lowest BCUT2D eigenvalue weighted by atomic mass is 10.1. The summed E-state index contributed by atoms with van der Waals surface area (Å²) in [5, 5.41) is 16.0. The molecule has 0 bridgehead atoms. The summed E-state index contributed by atoms with van der Waals surface area (Å²) in [7, 11) is 1.83. The van der Waals surface area contributed by atoms with Crippen LogP contribution >= 0.6 is 0 Å². The number of nitro benzene ring substituents is 1. The predicted molar refractivity (Wildman–Crippen MR) is 104 cm³/mol. The van der Waals surface area contributed by atoms with Gasteiger partial charge in [-0.1, -0.05) is 42.5 Å². The van der Waals surface area contributed by atoms with Crippen molar-refractivity contribution >= 4 is 33.7 Å². The quantitative estimate of drug-likeness (QED) is 0.553. The van der Waals surface area contributed by atoms with Crippen molar-refractivity contribution in [2.24, 2.45) is 0 Å². The number of carbonyl (C=O) groups excluding carboxylic acids is 1. The van der Waals surface area contributed by atoms with Gasteiger partial charge in [0.25, 0.3) is 5.69 Å². The molecule has 0 unspecified atom stereocenters. The van der Waals surface area contributed by atoms with Crippen LogP contribution in [0.4, 0.5) is 17.1 Å². The standard InChI is InChI=1S/C20H19N3O3/c1-14(20(24)21-18-9-5-6-10-19(18)23(25)26)22(2)17-12-11-15-7-3-4-8-16(15)13-17/h3-14H,1-2H3,(H,21,24)/t14-/m0/s1. The van der Waals surface area contributed by atoms with Gasteiger partial charge in [0.05, 0.1) is 4.92 Å². The van der Waals surface area contributed by atoms with E-state index >= 15 is 0 Å². The van der Waals surface area contributed by atoms with Gasteiger partial charge in [-0.3, -0.25) is 14.9 Å². The molecule has 3 aromatic rings. The smallest absolute Gasteiger partial charge is 0.292 e. The molecule has 0 aliphatic heterocycles. The van der Waals surface area contributed by atoms with Gasteiger partial charge in [0.1, 0.15) is 11.7 Å². The van der Waals surface area contributed by atoms with Gasteiger partial charge >= 0.3 is 0 Å². The number of nitrogens with one attached hydrogen (secondary N) is 1. The Morgan fingerprint density at radius 3 is 2.42 bits per heavy atom. The minimum Gasteiger partial charge on any atom is -0.363 e. The molecule has 3 rings (SSSR count). The summed E-state index contributed by atoms with van der Waals surface area (Å²) in [5.74, 6) is -0.310. The lowest BCUT2D eigenvalue weighted by Crippen LogP contribution is -2.39. The Bertz CT molecular complexity index is 971. The number of hydrogen-bond donors (Lipinski definition) is 1. The number of benzene rings is 3. The molecular weight excluding hydrogens is 330 g/mol. The van der Waals surface area contributed by atoms with Gasteiger partial charge in [-0.05, 0) is 35.9 Å². The summed E-state index contributed by atoms with van der Waals surface area (Å²) in [4.78, 5) is 25.0. The van der Waals surface area contributed by atoms with Gasteiger partial charge in [-0.2, -0.15) is 0 Å². The first kappa shape index (κ1) is 17.4. The van der Waals surface area contributed by atoms with Crippen LogP contribution in [0.2, 0.25) is 0 Å². The Morgan fingerprint density at radius 2 is 1.69 bits per heavy atom. The van der Waals surface area contributed by atoms with Gasteiger partial charge in [-0.25, -0.2) is 0 Å². The molecule has 1 atom stereocenters. The molecule has 6 nitrogen and oxygen atoms in total. The molecule has 6 heteroatoms. The number of para-hydroxylation sites is 2. The van der Waals surface area contributed by atoms with Crippen LogP contribution in [-0.4, -0.2) is 23.9 Å². The third-order valence-corrected chi connectivity index (χ3v) is 4.46. The third-order valence-electron chi connectivity index (χ3n) is 4.46. The highest BCUT2D eigenvalue weighted by atomic mass is 16.6. The van der Waals surface area contributed by atoms with E-state index in [0.29, 0.717) is 0 Å². The van der Waals surface area contributed by atoms with Crippen molar-refractivity contribution in [3.05, 3.63) is 76.8 Å². The normalized spacial score (nSPS) is 11.8. The Kier molecular flexibility index (Phi) is 4.84. The third kappa shape index (κ3) is 3.49. The van der Waals surface area contributed by atoms with Crippen LogP contribution in [0.15, 0.2) is 66.7 Å². The highest BCUT2D eigenvalue weighted by Gasteiger charge is 2.22. The van der Waals surface area contributed by atoms with E-state index in [2.05, 4.69) is 5.32 Å². The van der Waals surface area contributed by atoms with E-state index in [-0.39, 0.29) is 17.3 Å². The Morgan fingerprint density at radius 1 is 1.04 bits per heavy atom. The molecular formula is C20H19N3O3. The highest BCUT2D eigenvalue weighted by molar-refractivity contribution is 5.98. The van der Waals surface area contributed by atoms with E-state index < -0.39 is 11.0 Å². The predicted octanol–water partition coefficient (Wildman–Crippen LogP) is 4.21. The highest BCUT2D eigenvalue weighted by Crippen LogP contribution is 2.25. The van der Waals surface area contributed by atoms with Crippen LogP contribution in [0.1, 0.15) is 6.92 Å². The molecule has 0 aromatic heterocycles. The number of anilines is 2. The molecule has 0 saturated heterocycles. The maximum absolute atomic E-state index is 12.6. The summed E-state index contributed by atoms with van der Waals surface area (Å²) < 4.78 is 0. The summed E-state index contributed by atoms with van der Waals surface area (Å²) in [6, 6.07) is 19.6. The molecule has 0 heterocycles. The topological polar surface area (TPSA) is 75.5 Å². The maximum Gasteiger partial charge on any atom is 0.292 e. The second-order valence-corrected chi connectivity index (χ2v) is 6.08. The Hall–Kier alpha value is -3.41. The van der Waals surface area contributed by atoms with Crippen molar-refractivity contribution in [1.82, 2.24) is 0 Å². The fraction of sp³-hybridized carbons (Fsp3) is 0.150. The zero-order chi connectivity index (χ0) is 18.7. The van der Waals surface area contributed by atoms with Gasteiger partial charge in [0.2, 0.25) is 5.91 Å². The minimum absolute atomic E-state index is 0.124. The summed E-state index contributed by atoms with van der Waals surface area (Å²) in [5.41, 5.74) is 0.969. The van der Waals surface area contributed by atoms with Crippen LogP contribution in [0.5, 0.6) is 0 Å². The second kappa shape index (κ2) is 7.23. The first-order valence-corrected chi connectivity index (χ1v) is 8.23. The van der Waals surface area contributed by atoms with Crippen LogP contribution in [0.3, 0.4) is 0 Å². The fourth-order valence-corrected chi connectivity index (χ4v) is 2.77. The number of amides is 1. The van der Waals surface area contributed by atoms with Crippen molar-refractivity contribution in [2.75, 3.05) is 17.3 Å². The molecule has 1 amide bonds. The van der Waals surface area contributed by atoms with E-state index in [1.165, 1.54) is 12.1 Å². The lowest BCUT2D eigenvalue weighted by Gasteiger charge is -2.26. The van der Waals surface area contributed by atoms with Gasteiger partial charge in [0, 0.05) is 18.8 Å². The van der Waals surface area contributed by atoms with E-state index in [0.717, 1.165) is 16.5 Å². The molecule has 0 radical (unpaired) electrons. The first-order chi connectivity index (χ1) is 12.5. The molecule has 0 saturated carbocycles. The van der Waals surface area contributed by atoms with Gasteiger partial charge < -0.3 is 10.2 Å². The van der Waals surface area contributed by atoms with Crippen molar-refractivity contribution in [3.63, 3.8) is 0 Å². The molecule has 0 spiro atoms. The number of fused-ring (bicyclic) bond motifs is 1. The SMILES string of the molecule is C[C@@H](C(=O)Nc1ccccc1[N+](=O)[O-])N(C)c1ccc2ccccc2c1. The van der Waals surface area contributed by atoms with Crippen molar-refractivity contribution in [3.8, 4) is 0 Å². The number of nitro groups is 1. The summed E-state index contributed by atoms with van der Waals surface area (Å²) >= 11 is 0. The first-order valence-electron chi connectivity index (χ1n) is 8.23. The van der Waals surface area contributed by atoms with Crippen LogP contribution in [0, 0.1) is 10.1 Å². The molecule has 0 fully saturated rings. The number of likely N-dealkylation sites (N-methyl/N-ethyl adjacent to an activating group) is 1. The molecule has 0 aliphatic carbocycles. The van der Waals surface area contributed by atoms with E-state index in [4.69, 9.17) is 0 Å². The number of rotatable bonds is 5. The molecule has 0 aliphatic rings. The molecule has 1 N–H and O–H groups in total. The second-order valence-electron chi connectivity index (χ2n) is 6.08. The van der Waals surface area contributed by atoms with Crippen LogP contribution < -0.4 is 10.2 Å². The number of hydrogen-bond acceptors (Lipinski definition) is 4. The average Bonchev–Trinajstić information content (AvgIpc) is 2.66. The van der Waals surface area contributed by atoms with Gasteiger partial charge in [0.15, 0.2) is 0 Å². The Labute approximate surface area is 151 Å². The molecule has 132 valence electrons. The van der Waals surface area contributed by atoms with Gasteiger partial charge in [-0.15, -0.1) is 0 Å². The van der Waals surface area contributed by atoms with Crippen molar-refractivity contribution in [1.29, 1.82) is 0 Å².